The van der Waals surface area contributed by atoms with E-state index in [0.29, 0.717) is 30.9 Å². The molecule has 2 fully saturated rings. The number of non-ortho nitro benzene ring substituents is 1. The third kappa shape index (κ3) is 6.40. The molecule has 0 unspecified atom stereocenters. The summed E-state index contributed by atoms with van der Waals surface area (Å²) in [7, 11) is 1.42. The first-order valence-corrected chi connectivity index (χ1v) is 10.5. The fourth-order valence-corrected chi connectivity index (χ4v) is 4.11. The molecule has 29 heavy (non-hydrogen) atoms. The number of amides is 1. The summed E-state index contributed by atoms with van der Waals surface area (Å²) in [5.41, 5.74) is 0.376. The van der Waals surface area contributed by atoms with Crippen LogP contribution in [0.5, 0.6) is 5.75 Å². The van der Waals surface area contributed by atoms with Gasteiger partial charge in [-0.3, -0.25) is 14.9 Å². The molecule has 0 bridgehead atoms. The van der Waals surface area contributed by atoms with E-state index in [1.54, 1.807) is 0 Å². The third-order valence-electron chi connectivity index (χ3n) is 5.80. The number of ether oxygens (including phenoxy) is 2. The lowest BCUT2D eigenvalue weighted by Crippen LogP contribution is -2.40. The lowest BCUT2D eigenvalue weighted by atomic mass is 9.97. The minimum atomic E-state index is -0.490. The van der Waals surface area contributed by atoms with Crippen LogP contribution < -0.4 is 10.1 Å². The summed E-state index contributed by atoms with van der Waals surface area (Å²) in [6, 6.07) is 4.17. The first-order valence-electron chi connectivity index (χ1n) is 10.5. The Labute approximate surface area is 171 Å². The highest BCUT2D eigenvalue weighted by Crippen LogP contribution is 2.29. The second kappa shape index (κ2) is 10.5. The van der Waals surface area contributed by atoms with Gasteiger partial charge in [0.25, 0.3) is 5.69 Å². The molecule has 1 saturated carbocycles. The largest absolute Gasteiger partial charge is 0.494 e. The Balaban J connectivity index is 1.39. The summed E-state index contributed by atoms with van der Waals surface area (Å²) in [6.45, 7) is 2.59. The number of nitro benzene ring substituents is 1. The van der Waals surface area contributed by atoms with Gasteiger partial charge in [-0.05, 0) is 31.7 Å². The number of carbonyl (C=O) groups excluding carboxylic acids is 1. The summed E-state index contributed by atoms with van der Waals surface area (Å²) in [5.74, 6) is 0.158. The lowest BCUT2D eigenvalue weighted by molar-refractivity contribution is -0.384. The summed E-state index contributed by atoms with van der Waals surface area (Å²) < 4.78 is 11.4. The van der Waals surface area contributed by atoms with Crippen LogP contribution in [0.3, 0.4) is 0 Å². The molecule has 160 valence electrons. The number of benzene rings is 1. The van der Waals surface area contributed by atoms with Gasteiger partial charge in [-0.15, -0.1) is 0 Å². The molecule has 0 spiro atoms. The number of piperidine rings is 1. The average Bonchev–Trinajstić information content (AvgIpc) is 2.74. The van der Waals surface area contributed by atoms with Crippen LogP contribution in [0.25, 0.3) is 0 Å². The number of methoxy groups -OCH3 is 1. The minimum absolute atomic E-state index is 0.0711. The van der Waals surface area contributed by atoms with Crippen molar-refractivity contribution in [3.8, 4) is 5.75 Å². The van der Waals surface area contributed by atoms with Gasteiger partial charge in [0, 0.05) is 32.1 Å². The molecular weight excluding hydrogens is 374 g/mol. The van der Waals surface area contributed by atoms with E-state index in [9.17, 15) is 14.9 Å². The Bertz CT molecular complexity index is 698. The van der Waals surface area contributed by atoms with Crippen LogP contribution in [-0.2, 0) is 9.53 Å². The number of nitrogens with one attached hydrogen (secondary N) is 1. The second-order valence-electron chi connectivity index (χ2n) is 7.88. The third-order valence-corrected chi connectivity index (χ3v) is 5.80. The molecule has 1 heterocycles. The van der Waals surface area contributed by atoms with E-state index < -0.39 is 4.92 Å². The highest BCUT2D eigenvalue weighted by atomic mass is 16.6. The molecule has 2 aliphatic rings. The van der Waals surface area contributed by atoms with Crippen molar-refractivity contribution in [2.24, 2.45) is 0 Å². The quantitative estimate of drug-likeness (QED) is 0.523. The fraction of sp³-hybridized carbons (Fsp3) is 0.667. The molecular formula is C21H31N3O5. The number of nitrogens with zero attached hydrogens (tertiary/aromatic N) is 2. The number of hydrogen-bond acceptors (Lipinski definition) is 6. The van der Waals surface area contributed by atoms with Crippen molar-refractivity contribution in [2.45, 2.75) is 63.6 Å². The van der Waals surface area contributed by atoms with Crippen LogP contribution in [0.1, 0.15) is 51.4 Å². The predicted octanol–water partition coefficient (Wildman–Crippen LogP) is 3.75. The van der Waals surface area contributed by atoms with Gasteiger partial charge < -0.3 is 19.7 Å². The molecule has 0 radical (unpaired) electrons. The molecule has 8 nitrogen and oxygen atoms in total. The van der Waals surface area contributed by atoms with Crippen molar-refractivity contribution < 1.29 is 19.2 Å². The zero-order chi connectivity index (χ0) is 20.6. The van der Waals surface area contributed by atoms with Crippen molar-refractivity contribution in [2.75, 3.05) is 32.1 Å². The van der Waals surface area contributed by atoms with Crippen LogP contribution in [0.15, 0.2) is 18.2 Å². The van der Waals surface area contributed by atoms with E-state index >= 15 is 0 Å². The van der Waals surface area contributed by atoms with E-state index in [-0.39, 0.29) is 17.3 Å². The molecule has 1 N–H and O–H groups in total. The van der Waals surface area contributed by atoms with Gasteiger partial charge in [0.1, 0.15) is 5.75 Å². The van der Waals surface area contributed by atoms with Gasteiger partial charge in [-0.25, -0.2) is 0 Å². The summed E-state index contributed by atoms with van der Waals surface area (Å²) in [5, 5.41) is 13.7. The topological polar surface area (TPSA) is 93.9 Å². The van der Waals surface area contributed by atoms with E-state index in [0.717, 1.165) is 25.9 Å². The Hall–Kier alpha value is -2.19. The summed E-state index contributed by atoms with van der Waals surface area (Å²) in [6.07, 6.45) is 9.54. The summed E-state index contributed by atoms with van der Waals surface area (Å²) >= 11 is 0. The molecule has 1 saturated heterocycles. The zero-order valence-electron chi connectivity index (χ0n) is 17.1. The van der Waals surface area contributed by atoms with Gasteiger partial charge in [-0.1, -0.05) is 19.3 Å². The van der Waals surface area contributed by atoms with Gasteiger partial charge in [0.2, 0.25) is 5.91 Å². The van der Waals surface area contributed by atoms with Gasteiger partial charge in [0.15, 0.2) is 0 Å². The van der Waals surface area contributed by atoms with Crippen molar-refractivity contribution >= 4 is 17.3 Å². The maximum absolute atomic E-state index is 12.3. The zero-order valence-corrected chi connectivity index (χ0v) is 17.1. The standard InChI is InChI=1S/C21H31N3O5/c1-28-20-15-16(24(26)27)7-8-19(20)22-21(25)11-14-23-12-9-18(10-13-23)29-17-5-3-2-4-6-17/h7-8,15,17-18H,2-6,9-14H2,1H3,(H,22,25). The van der Waals surface area contributed by atoms with Crippen LogP contribution in [0, 0.1) is 10.1 Å². The normalized spacial score (nSPS) is 19.1. The monoisotopic (exact) mass is 405 g/mol. The van der Waals surface area contributed by atoms with Gasteiger partial charge >= 0.3 is 0 Å². The van der Waals surface area contributed by atoms with Gasteiger partial charge in [0.05, 0.1) is 36.0 Å². The SMILES string of the molecule is COc1cc([N+](=O)[O-])ccc1NC(=O)CCN1CCC(OC2CCCCC2)CC1. The Morgan fingerprint density at radius 3 is 2.52 bits per heavy atom. The molecule has 8 heteroatoms. The van der Waals surface area contributed by atoms with Gasteiger partial charge in [-0.2, -0.15) is 0 Å². The lowest BCUT2D eigenvalue weighted by Gasteiger charge is -2.34. The average molecular weight is 405 g/mol. The smallest absolute Gasteiger partial charge is 0.273 e. The van der Waals surface area contributed by atoms with Crippen LogP contribution in [0.2, 0.25) is 0 Å². The van der Waals surface area contributed by atoms with Crippen molar-refractivity contribution in [1.82, 2.24) is 4.90 Å². The van der Waals surface area contributed by atoms with E-state index in [2.05, 4.69) is 10.2 Å². The molecule has 0 aromatic heterocycles. The van der Waals surface area contributed by atoms with E-state index in [1.807, 2.05) is 0 Å². The maximum Gasteiger partial charge on any atom is 0.273 e. The molecule has 1 aliphatic heterocycles. The molecule has 1 aliphatic carbocycles. The number of nitro groups is 1. The highest BCUT2D eigenvalue weighted by molar-refractivity contribution is 5.92. The molecule has 1 amide bonds. The van der Waals surface area contributed by atoms with Crippen molar-refractivity contribution in [3.63, 3.8) is 0 Å². The number of anilines is 1. The number of hydrogen-bond donors (Lipinski definition) is 1. The number of likely N-dealkylation sites (tertiary alicyclic amines) is 1. The fourth-order valence-electron chi connectivity index (χ4n) is 4.11. The van der Waals surface area contributed by atoms with Crippen LogP contribution in [0.4, 0.5) is 11.4 Å². The Kier molecular flexibility index (Phi) is 7.83. The predicted molar refractivity (Wildman–Crippen MR) is 110 cm³/mol. The van der Waals surface area contributed by atoms with Crippen LogP contribution in [-0.4, -0.2) is 54.7 Å². The van der Waals surface area contributed by atoms with Crippen molar-refractivity contribution in [3.05, 3.63) is 28.3 Å². The Morgan fingerprint density at radius 1 is 1.17 bits per heavy atom. The van der Waals surface area contributed by atoms with Crippen LogP contribution >= 0.6 is 0 Å². The Morgan fingerprint density at radius 2 is 1.86 bits per heavy atom. The molecule has 1 aromatic carbocycles. The van der Waals surface area contributed by atoms with E-state index in [1.165, 1.54) is 57.4 Å². The summed E-state index contributed by atoms with van der Waals surface area (Å²) in [4.78, 5) is 25.0. The van der Waals surface area contributed by atoms with E-state index in [4.69, 9.17) is 9.47 Å². The number of carbonyl (C=O) groups is 1. The molecule has 1 aromatic rings. The first-order chi connectivity index (χ1) is 14.0. The second-order valence-corrected chi connectivity index (χ2v) is 7.88. The van der Waals surface area contributed by atoms with Crippen molar-refractivity contribution in [1.29, 1.82) is 0 Å². The first kappa shape index (κ1) is 21.5. The minimum Gasteiger partial charge on any atom is -0.494 e. The number of rotatable bonds is 8. The molecule has 0 atom stereocenters. The molecule has 3 rings (SSSR count). The highest BCUT2D eigenvalue weighted by Gasteiger charge is 2.24. The maximum atomic E-state index is 12.3.